The molecule has 1 saturated heterocycles. The zero-order chi connectivity index (χ0) is 17.9. The van der Waals surface area contributed by atoms with Crippen LogP contribution in [0.5, 0.6) is 0 Å². The fraction of sp³-hybridized carbons (Fsp3) is 0.579. The normalized spacial score (nSPS) is 36.2. The third kappa shape index (κ3) is 2.43. The number of amides is 2. The van der Waals surface area contributed by atoms with E-state index in [9.17, 15) is 9.59 Å². The zero-order valence-corrected chi connectivity index (χ0v) is 17.5. The van der Waals surface area contributed by atoms with E-state index in [4.69, 9.17) is 0 Å². The maximum atomic E-state index is 13.0. The predicted octanol–water partition coefficient (Wildman–Crippen LogP) is 3.82. The van der Waals surface area contributed by atoms with Crippen LogP contribution in [0, 0.1) is 23.7 Å². The fourth-order valence-corrected chi connectivity index (χ4v) is 6.88. The van der Waals surface area contributed by atoms with Gasteiger partial charge in [0.25, 0.3) is 0 Å². The van der Waals surface area contributed by atoms with Crippen molar-refractivity contribution in [3.05, 3.63) is 24.3 Å². The molecule has 2 aliphatic carbocycles. The van der Waals surface area contributed by atoms with E-state index in [2.05, 4.69) is 50.6 Å². The second-order valence-corrected chi connectivity index (χ2v) is 9.32. The average Bonchev–Trinajstić information content (AvgIpc) is 3.22. The van der Waals surface area contributed by atoms with Crippen LogP contribution in [0.1, 0.15) is 20.3 Å². The molecule has 0 aromatic heterocycles. The summed E-state index contributed by atoms with van der Waals surface area (Å²) in [7, 11) is 0. The monoisotopic (exact) mass is 468 g/mol. The average molecular weight is 470 g/mol. The SMILES string of the molecule is CCN(CC)c1ccc(N2C(=O)[C@@H]3[C@H]4C[C@@H]([C@H](Br)[C@@H]4Br)[C@@H]3C2=O)cc1. The summed E-state index contributed by atoms with van der Waals surface area (Å²) < 4.78 is 0. The van der Waals surface area contributed by atoms with E-state index in [0.29, 0.717) is 5.69 Å². The Labute approximate surface area is 165 Å². The fourth-order valence-electron chi connectivity index (χ4n) is 5.00. The van der Waals surface area contributed by atoms with Gasteiger partial charge in [-0.25, -0.2) is 0 Å². The first-order chi connectivity index (χ1) is 12.0. The molecule has 2 amide bonds. The van der Waals surface area contributed by atoms with Gasteiger partial charge < -0.3 is 4.90 Å². The number of imide groups is 1. The number of halogens is 2. The summed E-state index contributed by atoms with van der Waals surface area (Å²) in [6.07, 6.45) is 0.966. The Morgan fingerprint density at radius 1 is 0.960 bits per heavy atom. The quantitative estimate of drug-likeness (QED) is 0.497. The molecule has 1 aliphatic heterocycles. The summed E-state index contributed by atoms with van der Waals surface area (Å²) in [5, 5.41) is 0. The number of fused-ring (bicyclic) bond motifs is 5. The first kappa shape index (κ1) is 17.5. The lowest BCUT2D eigenvalue weighted by Gasteiger charge is -2.28. The standard InChI is InChI=1S/C19H22Br2N2O2/c1-3-22(4-2)10-5-7-11(8-6-10)23-18(24)14-12-9-13(15(14)19(23)25)17(21)16(12)20/h5-8,12-17H,3-4,9H2,1-2H3/t12-,13-,14-,15+,16-,17+/m1/s1. The van der Waals surface area contributed by atoms with E-state index in [1.54, 1.807) is 0 Å². The van der Waals surface area contributed by atoms with Gasteiger partial charge in [-0.05, 0) is 56.4 Å². The van der Waals surface area contributed by atoms with Crippen molar-refractivity contribution >= 4 is 55.0 Å². The van der Waals surface area contributed by atoms with Gasteiger partial charge in [0.2, 0.25) is 11.8 Å². The number of carbonyl (C=O) groups excluding carboxylic acids is 2. The zero-order valence-electron chi connectivity index (χ0n) is 14.4. The lowest BCUT2D eigenvalue weighted by Crippen LogP contribution is -2.37. The van der Waals surface area contributed by atoms with Crippen LogP contribution in [0.2, 0.25) is 0 Å². The van der Waals surface area contributed by atoms with Crippen molar-refractivity contribution in [2.75, 3.05) is 22.9 Å². The summed E-state index contributed by atoms with van der Waals surface area (Å²) in [6, 6.07) is 7.83. The Balaban J connectivity index is 1.62. The summed E-state index contributed by atoms with van der Waals surface area (Å²) in [5.41, 5.74) is 1.83. The number of alkyl halides is 2. The first-order valence-electron chi connectivity index (χ1n) is 9.00. The minimum Gasteiger partial charge on any atom is -0.372 e. The third-order valence-corrected chi connectivity index (χ3v) is 9.43. The maximum Gasteiger partial charge on any atom is 0.238 e. The van der Waals surface area contributed by atoms with E-state index < -0.39 is 0 Å². The van der Waals surface area contributed by atoms with Crippen LogP contribution >= 0.6 is 31.9 Å². The van der Waals surface area contributed by atoms with Crippen LogP contribution in [0.15, 0.2) is 24.3 Å². The van der Waals surface area contributed by atoms with Crippen LogP contribution < -0.4 is 9.80 Å². The number of benzene rings is 1. The van der Waals surface area contributed by atoms with Crippen molar-refractivity contribution < 1.29 is 9.59 Å². The van der Waals surface area contributed by atoms with Gasteiger partial charge >= 0.3 is 0 Å². The van der Waals surface area contributed by atoms with Crippen molar-refractivity contribution in [3.8, 4) is 0 Å². The molecule has 3 fully saturated rings. The van der Waals surface area contributed by atoms with Gasteiger partial charge in [0.15, 0.2) is 0 Å². The molecule has 1 aromatic rings. The smallest absolute Gasteiger partial charge is 0.238 e. The lowest BCUT2D eigenvalue weighted by molar-refractivity contribution is -0.123. The minimum absolute atomic E-state index is 0.0121. The molecule has 25 heavy (non-hydrogen) atoms. The highest BCUT2D eigenvalue weighted by molar-refractivity contribution is 9.12. The molecule has 1 heterocycles. The van der Waals surface area contributed by atoms with E-state index in [1.807, 2.05) is 24.3 Å². The second-order valence-electron chi connectivity index (χ2n) is 7.20. The molecule has 2 saturated carbocycles. The summed E-state index contributed by atoms with van der Waals surface area (Å²) >= 11 is 7.46. The molecule has 6 atom stereocenters. The number of hydrogen-bond donors (Lipinski definition) is 0. The van der Waals surface area contributed by atoms with Gasteiger partial charge in [-0.2, -0.15) is 0 Å². The lowest BCUT2D eigenvalue weighted by atomic mass is 9.81. The summed E-state index contributed by atoms with van der Waals surface area (Å²) in [4.78, 5) is 30.3. The van der Waals surface area contributed by atoms with Gasteiger partial charge in [0.1, 0.15) is 0 Å². The Kier molecular flexibility index (Phi) is 4.47. The van der Waals surface area contributed by atoms with Crippen molar-refractivity contribution in [2.24, 2.45) is 23.7 Å². The van der Waals surface area contributed by atoms with Crippen molar-refractivity contribution in [1.29, 1.82) is 0 Å². The third-order valence-electron chi connectivity index (χ3n) is 6.22. The highest BCUT2D eigenvalue weighted by Gasteiger charge is 2.66. The van der Waals surface area contributed by atoms with Crippen LogP contribution in [0.25, 0.3) is 0 Å². The number of carbonyl (C=O) groups is 2. The van der Waals surface area contributed by atoms with E-state index in [1.165, 1.54) is 4.90 Å². The molecule has 1 aromatic carbocycles. The summed E-state index contributed by atoms with van der Waals surface area (Å²) in [6.45, 7) is 6.11. The summed E-state index contributed by atoms with van der Waals surface area (Å²) in [5.74, 6) is 0.187. The Morgan fingerprint density at radius 3 is 1.88 bits per heavy atom. The van der Waals surface area contributed by atoms with Gasteiger partial charge in [-0.15, -0.1) is 0 Å². The van der Waals surface area contributed by atoms with Crippen molar-refractivity contribution in [1.82, 2.24) is 0 Å². The number of hydrogen-bond acceptors (Lipinski definition) is 3. The highest BCUT2D eigenvalue weighted by Crippen LogP contribution is 2.60. The maximum absolute atomic E-state index is 13.0. The number of rotatable bonds is 4. The highest BCUT2D eigenvalue weighted by atomic mass is 79.9. The Bertz CT molecular complexity index is 672. The number of nitrogens with zero attached hydrogens (tertiary/aromatic N) is 2. The van der Waals surface area contributed by atoms with Crippen LogP contribution in [0.4, 0.5) is 11.4 Å². The van der Waals surface area contributed by atoms with Crippen LogP contribution in [-0.4, -0.2) is 34.6 Å². The Hall–Kier alpha value is -0.880. The number of anilines is 2. The molecule has 4 rings (SSSR count). The molecule has 3 aliphatic rings. The molecule has 4 nitrogen and oxygen atoms in total. The molecule has 0 spiro atoms. The second kappa shape index (κ2) is 6.38. The largest absolute Gasteiger partial charge is 0.372 e. The minimum atomic E-state index is -0.155. The van der Waals surface area contributed by atoms with E-state index in [-0.39, 0.29) is 45.1 Å². The van der Waals surface area contributed by atoms with E-state index >= 15 is 0 Å². The van der Waals surface area contributed by atoms with E-state index in [0.717, 1.165) is 25.2 Å². The molecule has 6 heteroatoms. The van der Waals surface area contributed by atoms with Crippen LogP contribution in [-0.2, 0) is 9.59 Å². The molecular weight excluding hydrogens is 448 g/mol. The molecule has 134 valence electrons. The molecule has 2 bridgehead atoms. The van der Waals surface area contributed by atoms with Gasteiger partial charge in [0, 0.05) is 28.4 Å². The van der Waals surface area contributed by atoms with Crippen molar-refractivity contribution in [2.45, 2.75) is 29.9 Å². The van der Waals surface area contributed by atoms with Gasteiger partial charge in [0.05, 0.1) is 17.5 Å². The molecule has 0 radical (unpaired) electrons. The van der Waals surface area contributed by atoms with Gasteiger partial charge in [-0.3, -0.25) is 14.5 Å². The first-order valence-corrected chi connectivity index (χ1v) is 10.8. The Morgan fingerprint density at radius 2 is 1.44 bits per heavy atom. The molecular formula is C19H22Br2N2O2. The van der Waals surface area contributed by atoms with Gasteiger partial charge in [-0.1, -0.05) is 31.9 Å². The van der Waals surface area contributed by atoms with Crippen LogP contribution in [0.3, 0.4) is 0 Å². The molecule has 0 N–H and O–H groups in total. The van der Waals surface area contributed by atoms with Crippen molar-refractivity contribution in [3.63, 3.8) is 0 Å². The predicted molar refractivity (Wildman–Crippen MR) is 107 cm³/mol. The topological polar surface area (TPSA) is 40.6 Å². The molecule has 0 unspecified atom stereocenters.